The number of benzene rings is 2. The molecule has 0 amide bonds. The molecule has 5 nitrogen and oxygen atoms in total. The van der Waals surface area contributed by atoms with E-state index in [0.29, 0.717) is 11.0 Å². The Bertz CT molecular complexity index is 783. The molecule has 0 fully saturated rings. The normalized spacial score (nSPS) is 11.0. The van der Waals surface area contributed by atoms with Crippen molar-refractivity contribution in [3.63, 3.8) is 0 Å². The van der Waals surface area contributed by atoms with Gasteiger partial charge in [0.1, 0.15) is 5.75 Å². The number of imidazole rings is 1. The number of hydrogen-bond acceptors (Lipinski definition) is 4. The first kappa shape index (κ1) is 15.1. The average molecular weight is 297 g/mol. The van der Waals surface area contributed by atoms with Crippen LogP contribution in [-0.2, 0) is 10.1 Å². The van der Waals surface area contributed by atoms with Crippen molar-refractivity contribution >= 4 is 50.7 Å². The molecule has 97 valence electrons. The van der Waals surface area contributed by atoms with E-state index in [4.69, 9.17) is 4.18 Å². The standard InChI is InChI=1S/C13H10N2O3S.Na/c16-19(17,18-10-6-2-1-3-7-10)13-14-11-8-4-5-9-12(11)15-13;/h1-9H,(H,14,15);. The third-order valence-corrected chi connectivity index (χ3v) is 3.63. The maximum absolute atomic E-state index is 12.1. The van der Waals surface area contributed by atoms with Crippen LogP contribution in [0.15, 0.2) is 59.8 Å². The van der Waals surface area contributed by atoms with Gasteiger partial charge in [-0.05, 0) is 24.3 Å². The van der Waals surface area contributed by atoms with Gasteiger partial charge in [-0.2, -0.15) is 8.42 Å². The second-order valence-electron chi connectivity index (χ2n) is 3.91. The van der Waals surface area contributed by atoms with E-state index in [1.165, 1.54) is 0 Å². The Morgan fingerprint density at radius 3 is 2.30 bits per heavy atom. The van der Waals surface area contributed by atoms with E-state index in [1.807, 2.05) is 0 Å². The molecule has 0 unspecified atom stereocenters. The van der Waals surface area contributed by atoms with Crippen molar-refractivity contribution in [3.8, 4) is 5.75 Å². The number of aromatic amines is 1. The smallest absolute Gasteiger partial charge is 0.373 e. The maximum atomic E-state index is 12.1. The van der Waals surface area contributed by atoms with Crippen LogP contribution in [0.1, 0.15) is 0 Å². The van der Waals surface area contributed by atoms with Gasteiger partial charge in [-0.25, -0.2) is 4.98 Å². The van der Waals surface area contributed by atoms with Crippen LogP contribution in [0.3, 0.4) is 0 Å². The second kappa shape index (κ2) is 5.97. The molecular formula is C13H10N2NaO3S. The molecule has 0 atom stereocenters. The Morgan fingerprint density at radius 2 is 1.60 bits per heavy atom. The minimum absolute atomic E-state index is 0. The zero-order valence-corrected chi connectivity index (χ0v) is 13.6. The van der Waals surface area contributed by atoms with Crippen molar-refractivity contribution in [2.45, 2.75) is 5.16 Å². The zero-order valence-electron chi connectivity index (χ0n) is 10.8. The van der Waals surface area contributed by atoms with E-state index in [0.717, 1.165) is 0 Å². The SMILES string of the molecule is O=S(=O)(Oc1ccccc1)c1nc2ccccc2[nH]1.[Na]. The summed E-state index contributed by atoms with van der Waals surface area (Å²) in [7, 11) is -3.94. The summed E-state index contributed by atoms with van der Waals surface area (Å²) in [6.07, 6.45) is 0. The Morgan fingerprint density at radius 1 is 0.950 bits per heavy atom. The number of nitrogens with zero attached hydrogens (tertiary/aromatic N) is 1. The van der Waals surface area contributed by atoms with Crippen LogP contribution in [0.5, 0.6) is 5.75 Å². The molecule has 0 aliphatic heterocycles. The van der Waals surface area contributed by atoms with E-state index < -0.39 is 10.1 Å². The predicted octanol–water partition coefficient (Wildman–Crippen LogP) is 1.95. The summed E-state index contributed by atoms with van der Waals surface area (Å²) in [6, 6.07) is 15.4. The van der Waals surface area contributed by atoms with Gasteiger partial charge in [0.25, 0.3) is 5.16 Å². The van der Waals surface area contributed by atoms with Crippen LogP contribution >= 0.6 is 0 Å². The third-order valence-electron chi connectivity index (χ3n) is 2.55. The Kier molecular flexibility index (Phi) is 4.49. The fourth-order valence-electron chi connectivity index (χ4n) is 1.69. The van der Waals surface area contributed by atoms with E-state index in [9.17, 15) is 8.42 Å². The van der Waals surface area contributed by atoms with Gasteiger partial charge in [0.05, 0.1) is 11.0 Å². The number of hydrogen-bond donors (Lipinski definition) is 1. The third kappa shape index (κ3) is 3.04. The molecule has 0 aliphatic carbocycles. The van der Waals surface area contributed by atoms with Crippen LogP contribution in [0.2, 0.25) is 0 Å². The largest absolute Gasteiger partial charge is 0.377 e. The summed E-state index contributed by atoms with van der Waals surface area (Å²) in [5.74, 6) is 0.253. The molecule has 0 aliphatic rings. The van der Waals surface area contributed by atoms with Gasteiger partial charge >= 0.3 is 10.1 Å². The van der Waals surface area contributed by atoms with E-state index in [2.05, 4.69) is 9.97 Å². The Hall–Kier alpha value is -1.34. The van der Waals surface area contributed by atoms with Crippen LogP contribution in [0, 0.1) is 0 Å². The monoisotopic (exact) mass is 297 g/mol. The quantitative estimate of drug-likeness (QED) is 0.592. The first-order valence-electron chi connectivity index (χ1n) is 5.59. The number of para-hydroxylation sites is 3. The van der Waals surface area contributed by atoms with Crippen molar-refractivity contribution in [1.29, 1.82) is 0 Å². The Labute approximate surface area is 138 Å². The summed E-state index contributed by atoms with van der Waals surface area (Å²) in [5.41, 5.74) is 1.23. The number of fused-ring (bicyclic) bond motifs is 1. The fourth-order valence-corrected chi connectivity index (χ4v) is 2.58. The van der Waals surface area contributed by atoms with E-state index >= 15 is 0 Å². The molecule has 7 heteroatoms. The number of H-pyrrole nitrogens is 1. The van der Waals surface area contributed by atoms with Gasteiger partial charge in [-0.3, -0.25) is 0 Å². The van der Waals surface area contributed by atoms with Gasteiger partial charge in [0, 0.05) is 29.6 Å². The van der Waals surface area contributed by atoms with E-state index in [1.54, 1.807) is 54.6 Å². The van der Waals surface area contributed by atoms with Gasteiger partial charge in [0.2, 0.25) is 0 Å². The fraction of sp³-hybridized carbons (Fsp3) is 0. The minimum atomic E-state index is -3.94. The Balaban J connectivity index is 0.00000147. The van der Waals surface area contributed by atoms with Crippen LogP contribution < -0.4 is 4.18 Å². The van der Waals surface area contributed by atoms with Crippen LogP contribution in [0.4, 0.5) is 0 Å². The zero-order chi connectivity index (χ0) is 13.3. The number of nitrogens with one attached hydrogen (secondary N) is 1. The average Bonchev–Trinajstić information content (AvgIpc) is 2.84. The molecular weight excluding hydrogens is 287 g/mol. The van der Waals surface area contributed by atoms with E-state index in [-0.39, 0.29) is 40.5 Å². The number of aromatic nitrogens is 2. The summed E-state index contributed by atoms with van der Waals surface area (Å²) in [6.45, 7) is 0. The molecule has 20 heavy (non-hydrogen) atoms. The van der Waals surface area contributed by atoms with Crippen molar-refractivity contribution < 1.29 is 12.6 Å². The van der Waals surface area contributed by atoms with Crippen molar-refractivity contribution in [1.82, 2.24) is 9.97 Å². The molecule has 1 radical (unpaired) electrons. The van der Waals surface area contributed by atoms with Crippen molar-refractivity contribution in [3.05, 3.63) is 54.6 Å². The molecule has 1 N–H and O–H groups in total. The molecule has 0 saturated carbocycles. The summed E-state index contributed by atoms with van der Waals surface area (Å²) in [4.78, 5) is 6.74. The van der Waals surface area contributed by atoms with Gasteiger partial charge in [-0.15, -0.1) is 0 Å². The van der Waals surface area contributed by atoms with Gasteiger partial charge in [-0.1, -0.05) is 30.3 Å². The first-order valence-corrected chi connectivity index (χ1v) is 7.00. The molecule has 0 bridgehead atoms. The predicted molar refractivity (Wildman–Crippen MR) is 76.1 cm³/mol. The summed E-state index contributed by atoms with van der Waals surface area (Å²) >= 11 is 0. The molecule has 0 spiro atoms. The van der Waals surface area contributed by atoms with Crippen molar-refractivity contribution in [2.24, 2.45) is 0 Å². The summed E-state index contributed by atoms with van der Waals surface area (Å²) < 4.78 is 29.1. The van der Waals surface area contributed by atoms with Gasteiger partial charge < -0.3 is 9.17 Å². The van der Waals surface area contributed by atoms with Crippen LogP contribution in [0.25, 0.3) is 11.0 Å². The van der Waals surface area contributed by atoms with Gasteiger partial charge in [0.15, 0.2) is 0 Å². The minimum Gasteiger partial charge on any atom is -0.377 e. The topological polar surface area (TPSA) is 72.1 Å². The molecule has 2 aromatic carbocycles. The second-order valence-corrected chi connectivity index (χ2v) is 5.37. The molecule has 1 heterocycles. The molecule has 3 aromatic rings. The van der Waals surface area contributed by atoms with Crippen LogP contribution in [-0.4, -0.2) is 47.9 Å². The molecule has 0 saturated heterocycles. The number of rotatable bonds is 3. The van der Waals surface area contributed by atoms with Crippen molar-refractivity contribution in [2.75, 3.05) is 0 Å². The summed E-state index contributed by atoms with van der Waals surface area (Å²) in [5, 5.41) is -0.197. The molecule has 1 aromatic heterocycles. The first-order chi connectivity index (χ1) is 9.15. The molecule has 3 rings (SSSR count). The maximum Gasteiger partial charge on any atom is 0.373 e.